The van der Waals surface area contributed by atoms with Crippen molar-refractivity contribution in [3.8, 4) is 5.75 Å². The van der Waals surface area contributed by atoms with E-state index in [0.29, 0.717) is 6.61 Å². The largest absolute Gasteiger partial charge is 0.491 e. The van der Waals surface area contributed by atoms with Crippen LogP contribution in [0.5, 0.6) is 5.75 Å². The maximum Gasteiger partial charge on any atom is 0.119 e. The maximum atomic E-state index is 5.62. The molecule has 1 aromatic rings. The first-order valence-electron chi connectivity index (χ1n) is 6.16. The van der Waals surface area contributed by atoms with Gasteiger partial charge < -0.3 is 14.8 Å². The number of benzene rings is 1. The minimum Gasteiger partial charge on any atom is -0.491 e. The Morgan fingerprint density at radius 3 is 2.29 bits per heavy atom. The van der Waals surface area contributed by atoms with E-state index in [1.807, 2.05) is 26.0 Å². The second-order valence-electron chi connectivity index (χ2n) is 4.30. The lowest BCUT2D eigenvalue weighted by Crippen LogP contribution is -2.24. The van der Waals surface area contributed by atoms with Crippen molar-refractivity contribution in [3.63, 3.8) is 0 Å². The summed E-state index contributed by atoms with van der Waals surface area (Å²) in [6.45, 7) is 7.76. The fourth-order valence-electron chi connectivity index (χ4n) is 1.74. The first-order valence-corrected chi connectivity index (χ1v) is 6.16. The Morgan fingerprint density at radius 2 is 1.82 bits per heavy atom. The summed E-state index contributed by atoms with van der Waals surface area (Å²) in [5.74, 6) is 0.913. The summed E-state index contributed by atoms with van der Waals surface area (Å²) in [5.41, 5.74) is 1.23. The molecule has 0 saturated carbocycles. The Morgan fingerprint density at radius 1 is 1.18 bits per heavy atom. The Balaban J connectivity index is 2.69. The molecule has 17 heavy (non-hydrogen) atoms. The molecule has 0 aromatic heterocycles. The van der Waals surface area contributed by atoms with E-state index in [0.717, 1.165) is 12.3 Å². The Bertz CT molecular complexity index is 303. The number of rotatable bonds is 7. The number of likely N-dealkylation sites (N-methyl/N-ethyl adjacent to an activating group) is 1. The molecule has 0 fully saturated rings. The van der Waals surface area contributed by atoms with Crippen LogP contribution in [0.1, 0.15) is 32.4 Å². The van der Waals surface area contributed by atoms with Crippen LogP contribution in [0.2, 0.25) is 0 Å². The molecule has 0 heterocycles. The van der Waals surface area contributed by atoms with Gasteiger partial charge in [0.15, 0.2) is 0 Å². The van der Waals surface area contributed by atoms with Crippen LogP contribution in [0, 0.1) is 0 Å². The highest BCUT2D eigenvalue weighted by molar-refractivity contribution is 5.29. The molecule has 3 heteroatoms. The minimum absolute atomic E-state index is 0.212. The minimum atomic E-state index is 0.212. The van der Waals surface area contributed by atoms with Crippen molar-refractivity contribution < 1.29 is 9.47 Å². The van der Waals surface area contributed by atoms with Gasteiger partial charge in [-0.3, -0.25) is 0 Å². The predicted molar refractivity (Wildman–Crippen MR) is 70.5 cm³/mol. The molecule has 0 aliphatic heterocycles. The second-order valence-corrected chi connectivity index (χ2v) is 4.30. The van der Waals surface area contributed by atoms with E-state index in [9.17, 15) is 0 Å². The van der Waals surface area contributed by atoms with Gasteiger partial charge in [-0.05, 0) is 38.1 Å². The van der Waals surface area contributed by atoms with E-state index in [-0.39, 0.29) is 12.1 Å². The van der Waals surface area contributed by atoms with Crippen LogP contribution in [-0.2, 0) is 4.74 Å². The zero-order chi connectivity index (χ0) is 12.7. The molecule has 0 spiro atoms. The zero-order valence-electron chi connectivity index (χ0n) is 11.2. The van der Waals surface area contributed by atoms with Gasteiger partial charge in [0.05, 0.1) is 18.8 Å². The van der Waals surface area contributed by atoms with Gasteiger partial charge >= 0.3 is 0 Å². The third-order valence-corrected chi connectivity index (χ3v) is 2.44. The molecule has 0 amide bonds. The highest BCUT2D eigenvalue weighted by Gasteiger charge is 2.09. The summed E-state index contributed by atoms with van der Waals surface area (Å²) >= 11 is 0. The standard InChI is InChI=1S/C14H23NO2/c1-5-15-14(10-16-4)12-6-8-13(9-7-12)17-11(2)3/h6-9,11,14-15H,5,10H2,1-4H3. The van der Waals surface area contributed by atoms with Gasteiger partial charge in [-0.15, -0.1) is 0 Å². The summed E-state index contributed by atoms with van der Waals surface area (Å²) in [7, 11) is 1.72. The average molecular weight is 237 g/mol. The lowest BCUT2D eigenvalue weighted by atomic mass is 10.1. The van der Waals surface area contributed by atoms with Crippen molar-refractivity contribution >= 4 is 0 Å². The molecule has 0 saturated heterocycles. The molecule has 1 N–H and O–H groups in total. The SMILES string of the molecule is CCNC(COC)c1ccc(OC(C)C)cc1. The van der Waals surface area contributed by atoms with E-state index in [1.165, 1.54) is 5.56 Å². The Kier molecular flexibility index (Phi) is 6.01. The summed E-state index contributed by atoms with van der Waals surface area (Å²) in [5, 5.41) is 3.39. The molecule has 0 radical (unpaired) electrons. The summed E-state index contributed by atoms with van der Waals surface area (Å²) < 4.78 is 10.8. The van der Waals surface area contributed by atoms with E-state index in [4.69, 9.17) is 9.47 Å². The summed E-state index contributed by atoms with van der Waals surface area (Å²) in [6, 6.07) is 8.44. The number of hydrogen-bond acceptors (Lipinski definition) is 3. The molecule has 0 aliphatic carbocycles. The van der Waals surface area contributed by atoms with E-state index >= 15 is 0 Å². The van der Waals surface area contributed by atoms with Gasteiger partial charge in [0.1, 0.15) is 5.75 Å². The highest BCUT2D eigenvalue weighted by Crippen LogP contribution is 2.19. The normalized spacial score (nSPS) is 12.8. The molecule has 1 unspecified atom stereocenters. The molecule has 96 valence electrons. The van der Waals surface area contributed by atoms with Gasteiger partial charge in [-0.2, -0.15) is 0 Å². The van der Waals surface area contributed by atoms with Gasteiger partial charge in [0.2, 0.25) is 0 Å². The van der Waals surface area contributed by atoms with E-state index < -0.39 is 0 Å². The van der Waals surface area contributed by atoms with Gasteiger partial charge in [-0.1, -0.05) is 19.1 Å². The zero-order valence-corrected chi connectivity index (χ0v) is 11.2. The van der Waals surface area contributed by atoms with Crippen LogP contribution in [0.3, 0.4) is 0 Å². The number of ether oxygens (including phenoxy) is 2. The number of nitrogens with one attached hydrogen (secondary N) is 1. The van der Waals surface area contributed by atoms with Gasteiger partial charge in [-0.25, -0.2) is 0 Å². The molecule has 1 aromatic carbocycles. The van der Waals surface area contributed by atoms with Gasteiger partial charge in [0, 0.05) is 7.11 Å². The predicted octanol–water partition coefficient (Wildman–Crippen LogP) is 2.77. The maximum absolute atomic E-state index is 5.62. The molecule has 3 nitrogen and oxygen atoms in total. The van der Waals surface area contributed by atoms with E-state index in [1.54, 1.807) is 7.11 Å². The van der Waals surface area contributed by atoms with Crippen molar-refractivity contribution in [3.05, 3.63) is 29.8 Å². The Hall–Kier alpha value is -1.06. The Labute approximate surface area is 104 Å². The molecule has 1 atom stereocenters. The number of hydrogen-bond donors (Lipinski definition) is 1. The first-order chi connectivity index (χ1) is 8.17. The average Bonchev–Trinajstić information content (AvgIpc) is 2.29. The topological polar surface area (TPSA) is 30.5 Å². The number of methoxy groups -OCH3 is 1. The third-order valence-electron chi connectivity index (χ3n) is 2.44. The van der Waals surface area contributed by atoms with Gasteiger partial charge in [0.25, 0.3) is 0 Å². The van der Waals surface area contributed by atoms with Crippen LogP contribution < -0.4 is 10.1 Å². The van der Waals surface area contributed by atoms with Crippen molar-refractivity contribution in [2.45, 2.75) is 32.9 Å². The molecular formula is C14H23NO2. The van der Waals surface area contributed by atoms with Crippen LogP contribution in [0.15, 0.2) is 24.3 Å². The van der Waals surface area contributed by atoms with Crippen LogP contribution >= 0.6 is 0 Å². The van der Waals surface area contributed by atoms with E-state index in [2.05, 4.69) is 24.4 Å². The highest BCUT2D eigenvalue weighted by atomic mass is 16.5. The fourth-order valence-corrected chi connectivity index (χ4v) is 1.74. The van der Waals surface area contributed by atoms with Crippen molar-refractivity contribution in [2.24, 2.45) is 0 Å². The molecular weight excluding hydrogens is 214 g/mol. The van der Waals surface area contributed by atoms with Crippen LogP contribution in [0.25, 0.3) is 0 Å². The molecule has 0 bridgehead atoms. The summed E-state index contributed by atoms with van der Waals surface area (Å²) in [6.07, 6.45) is 0.212. The van der Waals surface area contributed by atoms with Crippen molar-refractivity contribution in [1.29, 1.82) is 0 Å². The first kappa shape index (κ1) is 14.0. The molecule has 1 rings (SSSR count). The smallest absolute Gasteiger partial charge is 0.119 e. The quantitative estimate of drug-likeness (QED) is 0.791. The van der Waals surface area contributed by atoms with Crippen LogP contribution in [0.4, 0.5) is 0 Å². The lowest BCUT2D eigenvalue weighted by Gasteiger charge is -2.18. The molecule has 0 aliphatic rings. The van der Waals surface area contributed by atoms with Crippen molar-refractivity contribution in [1.82, 2.24) is 5.32 Å². The van der Waals surface area contributed by atoms with Crippen molar-refractivity contribution in [2.75, 3.05) is 20.3 Å². The van der Waals surface area contributed by atoms with Crippen LogP contribution in [-0.4, -0.2) is 26.4 Å². The monoisotopic (exact) mass is 237 g/mol. The summed E-state index contributed by atoms with van der Waals surface area (Å²) in [4.78, 5) is 0. The lowest BCUT2D eigenvalue weighted by molar-refractivity contribution is 0.167. The second kappa shape index (κ2) is 7.30. The third kappa shape index (κ3) is 4.75. The fraction of sp³-hybridized carbons (Fsp3) is 0.571.